The molecule has 3 aromatic rings. The molecule has 31 heavy (non-hydrogen) atoms. The second kappa shape index (κ2) is 7.35. The highest BCUT2D eigenvalue weighted by Gasteiger charge is 2.43. The van der Waals surface area contributed by atoms with E-state index in [1.54, 1.807) is 18.2 Å². The predicted octanol–water partition coefficient (Wildman–Crippen LogP) is 2.32. The van der Waals surface area contributed by atoms with Crippen molar-refractivity contribution in [2.45, 2.75) is 43.3 Å². The molecule has 8 nitrogen and oxygen atoms in total. The summed E-state index contributed by atoms with van der Waals surface area (Å²) >= 11 is 0. The number of likely N-dealkylation sites (tertiary alicyclic amines) is 1. The van der Waals surface area contributed by atoms with Gasteiger partial charge in [0.15, 0.2) is 0 Å². The molecule has 2 N–H and O–H groups in total. The maximum absolute atomic E-state index is 13.1. The molecular weight excluding hydrogens is 414 g/mol. The molecule has 0 aliphatic carbocycles. The Balaban J connectivity index is 1.32. The number of para-hydroxylation sites is 3. The van der Waals surface area contributed by atoms with Gasteiger partial charge in [-0.1, -0.05) is 31.2 Å². The Labute approximate surface area is 181 Å². The number of nitrogens with one attached hydrogen (secondary N) is 2. The van der Waals surface area contributed by atoms with E-state index in [0.717, 1.165) is 23.3 Å². The highest BCUT2D eigenvalue weighted by Crippen LogP contribution is 2.34. The molecule has 1 spiro atoms. The van der Waals surface area contributed by atoms with E-state index in [9.17, 15) is 13.2 Å². The quantitative estimate of drug-likeness (QED) is 0.653. The SMILES string of the molecule is CCc1nc2ccccc2n1CC(=O)N1CCC2(CC1)Nc1ccccc1S(=O)(=O)N2. The number of anilines is 1. The van der Waals surface area contributed by atoms with Crippen molar-refractivity contribution >= 4 is 32.7 Å². The molecule has 0 bridgehead atoms. The minimum Gasteiger partial charge on any atom is -0.365 e. The molecule has 2 aliphatic heterocycles. The highest BCUT2D eigenvalue weighted by atomic mass is 32.2. The van der Waals surface area contributed by atoms with Gasteiger partial charge in [0, 0.05) is 32.4 Å². The molecule has 0 saturated carbocycles. The van der Waals surface area contributed by atoms with Crippen LogP contribution in [0.3, 0.4) is 0 Å². The number of hydrogen-bond donors (Lipinski definition) is 2. The maximum Gasteiger partial charge on any atom is 0.244 e. The van der Waals surface area contributed by atoms with Crippen LogP contribution in [0.4, 0.5) is 5.69 Å². The Bertz CT molecular complexity index is 1260. The zero-order chi connectivity index (χ0) is 21.6. The standard InChI is InChI=1S/C22H25N5O3S/c1-2-20-23-16-7-3-5-9-18(16)27(20)15-21(28)26-13-11-22(12-14-26)24-17-8-4-6-10-19(17)31(29,30)25-22/h3-10,24-25H,2,11-15H2,1H3. The zero-order valence-electron chi connectivity index (χ0n) is 17.3. The van der Waals surface area contributed by atoms with E-state index in [4.69, 9.17) is 0 Å². The number of sulfonamides is 1. The second-order valence-corrected chi connectivity index (χ2v) is 9.80. The molecule has 0 radical (unpaired) electrons. The van der Waals surface area contributed by atoms with Gasteiger partial charge in [0.1, 0.15) is 22.9 Å². The van der Waals surface area contributed by atoms with Gasteiger partial charge in [-0.2, -0.15) is 4.72 Å². The summed E-state index contributed by atoms with van der Waals surface area (Å²) in [6.45, 7) is 3.22. The average molecular weight is 440 g/mol. The van der Waals surface area contributed by atoms with Crippen molar-refractivity contribution in [2.24, 2.45) is 0 Å². The minimum atomic E-state index is -3.59. The molecule has 1 amide bonds. The number of aromatic nitrogens is 2. The summed E-state index contributed by atoms with van der Waals surface area (Å²) in [7, 11) is -3.59. The van der Waals surface area contributed by atoms with Crippen LogP contribution >= 0.6 is 0 Å². The van der Waals surface area contributed by atoms with Crippen LogP contribution in [0, 0.1) is 0 Å². The molecule has 9 heteroatoms. The van der Waals surface area contributed by atoms with Crippen molar-refractivity contribution in [1.82, 2.24) is 19.2 Å². The number of nitrogens with zero attached hydrogens (tertiary/aromatic N) is 3. The third-order valence-corrected chi connectivity index (χ3v) is 7.79. The number of imidazole rings is 1. The van der Waals surface area contributed by atoms with E-state index in [1.165, 1.54) is 0 Å². The molecule has 5 rings (SSSR count). The molecule has 1 aromatic heterocycles. The first-order valence-electron chi connectivity index (χ1n) is 10.5. The number of carbonyl (C=O) groups excluding carboxylic acids is 1. The molecular formula is C22H25N5O3S. The Morgan fingerprint density at radius 1 is 1.10 bits per heavy atom. The summed E-state index contributed by atoms with van der Waals surface area (Å²) in [4.78, 5) is 19.8. The molecule has 2 aliphatic rings. The second-order valence-electron chi connectivity index (χ2n) is 8.15. The Kier molecular flexibility index (Phi) is 4.75. The molecule has 0 unspecified atom stereocenters. The van der Waals surface area contributed by atoms with Crippen molar-refractivity contribution in [3.8, 4) is 0 Å². The average Bonchev–Trinajstić information content (AvgIpc) is 3.11. The summed E-state index contributed by atoms with van der Waals surface area (Å²) < 4.78 is 30.3. The molecule has 2 aromatic carbocycles. The van der Waals surface area contributed by atoms with Crippen molar-refractivity contribution in [3.63, 3.8) is 0 Å². The van der Waals surface area contributed by atoms with Crippen molar-refractivity contribution in [2.75, 3.05) is 18.4 Å². The van der Waals surface area contributed by atoms with E-state index >= 15 is 0 Å². The molecule has 162 valence electrons. The molecule has 1 fully saturated rings. The molecule has 0 atom stereocenters. The first kappa shape index (κ1) is 20.0. The van der Waals surface area contributed by atoms with Gasteiger partial charge in [-0.05, 0) is 24.3 Å². The van der Waals surface area contributed by atoms with Gasteiger partial charge in [0.2, 0.25) is 15.9 Å². The van der Waals surface area contributed by atoms with Gasteiger partial charge in [-0.15, -0.1) is 0 Å². The van der Waals surface area contributed by atoms with Crippen LogP contribution in [0.2, 0.25) is 0 Å². The number of hydrogen-bond acceptors (Lipinski definition) is 5. The topological polar surface area (TPSA) is 96.3 Å². The Morgan fingerprint density at radius 3 is 2.58 bits per heavy atom. The van der Waals surface area contributed by atoms with E-state index < -0.39 is 15.7 Å². The smallest absolute Gasteiger partial charge is 0.244 e. The van der Waals surface area contributed by atoms with Crippen LogP contribution in [0.5, 0.6) is 0 Å². The number of amides is 1. The number of rotatable bonds is 3. The monoisotopic (exact) mass is 439 g/mol. The van der Waals surface area contributed by atoms with Crippen LogP contribution in [0.25, 0.3) is 11.0 Å². The third-order valence-electron chi connectivity index (χ3n) is 6.19. The Morgan fingerprint density at radius 2 is 1.81 bits per heavy atom. The lowest BCUT2D eigenvalue weighted by atomic mass is 9.97. The van der Waals surface area contributed by atoms with Crippen molar-refractivity contribution in [3.05, 3.63) is 54.4 Å². The fourth-order valence-electron chi connectivity index (χ4n) is 4.57. The van der Waals surface area contributed by atoms with Crippen LogP contribution < -0.4 is 10.0 Å². The summed E-state index contributed by atoms with van der Waals surface area (Å²) in [5.74, 6) is 0.910. The lowest BCUT2D eigenvalue weighted by Gasteiger charge is -2.45. The molecule has 3 heterocycles. The number of piperidine rings is 1. The van der Waals surface area contributed by atoms with Crippen molar-refractivity contribution < 1.29 is 13.2 Å². The number of benzene rings is 2. The first-order valence-corrected chi connectivity index (χ1v) is 12.0. The molecule has 1 saturated heterocycles. The predicted molar refractivity (Wildman–Crippen MR) is 118 cm³/mol. The van der Waals surface area contributed by atoms with Crippen molar-refractivity contribution in [1.29, 1.82) is 0 Å². The van der Waals surface area contributed by atoms with Crippen LogP contribution in [-0.4, -0.2) is 47.5 Å². The minimum absolute atomic E-state index is 0.0202. The fraction of sp³-hybridized carbons (Fsp3) is 0.364. The van der Waals surface area contributed by atoms with E-state index in [0.29, 0.717) is 31.6 Å². The largest absolute Gasteiger partial charge is 0.365 e. The lowest BCUT2D eigenvalue weighted by Crippen LogP contribution is -2.62. The summed E-state index contributed by atoms with van der Waals surface area (Å²) in [6.07, 6.45) is 1.74. The van der Waals surface area contributed by atoms with Gasteiger partial charge in [-0.3, -0.25) is 4.79 Å². The summed E-state index contributed by atoms with van der Waals surface area (Å²) in [5.41, 5.74) is 1.70. The fourth-order valence-corrected chi connectivity index (χ4v) is 6.12. The number of aryl methyl sites for hydroxylation is 1. The van der Waals surface area contributed by atoms with Gasteiger partial charge >= 0.3 is 0 Å². The lowest BCUT2D eigenvalue weighted by molar-refractivity contribution is -0.133. The third kappa shape index (κ3) is 3.47. The van der Waals surface area contributed by atoms with Crippen LogP contribution in [0.15, 0.2) is 53.4 Å². The zero-order valence-corrected chi connectivity index (χ0v) is 18.2. The summed E-state index contributed by atoms with van der Waals surface area (Å²) in [6, 6.07) is 14.7. The van der Waals surface area contributed by atoms with E-state index in [-0.39, 0.29) is 17.3 Å². The van der Waals surface area contributed by atoms with Gasteiger partial charge < -0.3 is 14.8 Å². The number of fused-ring (bicyclic) bond motifs is 2. The van der Waals surface area contributed by atoms with Gasteiger partial charge in [0.25, 0.3) is 0 Å². The first-order chi connectivity index (χ1) is 14.9. The van der Waals surface area contributed by atoms with Gasteiger partial charge in [-0.25, -0.2) is 13.4 Å². The normalized spacial score (nSPS) is 19.2. The summed E-state index contributed by atoms with van der Waals surface area (Å²) in [5, 5.41) is 3.37. The maximum atomic E-state index is 13.1. The number of carbonyl (C=O) groups is 1. The van der Waals surface area contributed by atoms with Gasteiger partial charge in [0.05, 0.1) is 16.7 Å². The highest BCUT2D eigenvalue weighted by molar-refractivity contribution is 7.89. The Hall–Kier alpha value is -2.91. The van der Waals surface area contributed by atoms with Crippen LogP contribution in [-0.2, 0) is 27.8 Å². The van der Waals surface area contributed by atoms with E-state index in [2.05, 4.69) is 15.0 Å². The van der Waals surface area contributed by atoms with E-state index in [1.807, 2.05) is 46.7 Å². The van der Waals surface area contributed by atoms with Crippen LogP contribution in [0.1, 0.15) is 25.6 Å².